The molecule has 0 aromatic rings. The Morgan fingerprint density at radius 3 is 1.19 bits per heavy atom. The van der Waals surface area contributed by atoms with Gasteiger partial charge in [-0.25, -0.2) is 0 Å². The summed E-state index contributed by atoms with van der Waals surface area (Å²) in [5.41, 5.74) is 0. The second-order valence-corrected chi connectivity index (χ2v) is 7.63. The Morgan fingerprint density at radius 1 is 0.692 bits per heavy atom. The van der Waals surface area contributed by atoms with E-state index in [2.05, 4.69) is 38.5 Å². The minimum atomic E-state index is -0.745. The summed E-state index contributed by atoms with van der Waals surface area (Å²) >= 11 is 0. The molecule has 0 amide bonds. The van der Waals surface area contributed by atoms with Gasteiger partial charge in [0.2, 0.25) is 13.7 Å². The van der Waals surface area contributed by atoms with Gasteiger partial charge in [0.15, 0.2) is 0 Å². The Labute approximate surface area is 166 Å². The SMILES string of the molecule is CCCCCCCCCCCCCCCCCCN(C)C.[B]C(=O)OC. The summed E-state index contributed by atoms with van der Waals surface area (Å²) in [4.78, 5) is 11.7. The van der Waals surface area contributed by atoms with Crippen molar-refractivity contribution < 1.29 is 9.53 Å². The molecule has 0 aliphatic heterocycles. The van der Waals surface area contributed by atoms with E-state index < -0.39 is 5.87 Å². The van der Waals surface area contributed by atoms with E-state index in [-0.39, 0.29) is 0 Å². The third-order valence-corrected chi connectivity index (χ3v) is 4.66. The maximum Gasteiger partial charge on any atom is 0.235 e. The Morgan fingerprint density at radius 2 is 0.962 bits per heavy atom. The fourth-order valence-electron chi connectivity index (χ4n) is 2.98. The van der Waals surface area contributed by atoms with Crippen molar-refractivity contribution in [1.82, 2.24) is 4.90 Å². The van der Waals surface area contributed by atoms with Crippen molar-refractivity contribution in [2.24, 2.45) is 0 Å². The zero-order valence-corrected chi connectivity index (χ0v) is 18.4. The molecule has 0 rings (SSSR count). The minimum absolute atomic E-state index is 0.745. The van der Waals surface area contributed by atoms with Gasteiger partial charge in [0.1, 0.15) is 0 Å². The average molecular weight is 367 g/mol. The van der Waals surface area contributed by atoms with Gasteiger partial charge >= 0.3 is 0 Å². The van der Waals surface area contributed by atoms with Crippen molar-refractivity contribution >= 4 is 13.7 Å². The van der Waals surface area contributed by atoms with E-state index in [1.54, 1.807) is 0 Å². The fourth-order valence-corrected chi connectivity index (χ4v) is 2.98. The van der Waals surface area contributed by atoms with Gasteiger partial charge in [-0.15, -0.1) is 0 Å². The van der Waals surface area contributed by atoms with Crippen molar-refractivity contribution in [3.8, 4) is 0 Å². The predicted molar refractivity (Wildman–Crippen MR) is 116 cm³/mol. The molecule has 0 atom stereocenters. The lowest BCUT2D eigenvalue weighted by Gasteiger charge is -2.08. The number of carbonyl (C=O) groups excluding carboxylic acids is 1. The van der Waals surface area contributed by atoms with Crippen LogP contribution in [0.1, 0.15) is 110 Å². The summed E-state index contributed by atoms with van der Waals surface area (Å²) in [7, 11) is 10.00. The molecule has 0 aromatic heterocycles. The van der Waals surface area contributed by atoms with Gasteiger partial charge in [-0.05, 0) is 27.1 Å². The number of unbranched alkanes of at least 4 members (excludes halogenated alkanes) is 15. The fraction of sp³-hybridized carbons (Fsp3) is 0.955. The van der Waals surface area contributed by atoms with E-state index in [4.69, 9.17) is 0 Å². The van der Waals surface area contributed by atoms with E-state index in [0.717, 1.165) is 0 Å². The molecule has 154 valence electrons. The molecular formula is C22H46BNO2. The highest BCUT2D eigenvalue weighted by molar-refractivity contribution is 6.55. The van der Waals surface area contributed by atoms with Crippen LogP contribution < -0.4 is 0 Å². The average Bonchev–Trinajstić information content (AvgIpc) is 2.61. The number of carbonyl (C=O) groups is 1. The quantitative estimate of drug-likeness (QED) is 0.211. The molecule has 0 bridgehead atoms. The normalized spacial score (nSPS) is 10.5. The zero-order chi connectivity index (χ0) is 19.9. The zero-order valence-electron chi connectivity index (χ0n) is 18.4. The van der Waals surface area contributed by atoms with Crippen molar-refractivity contribution in [2.45, 2.75) is 110 Å². The predicted octanol–water partition coefficient (Wildman–Crippen LogP) is 6.73. The van der Waals surface area contributed by atoms with Crippen LogP contribution in [0.3, 0.4) is 0 Å². The lowest BCUT2D eigenvalue weighted by Crippen LogP contribution is -2.12. The number of ether oxygens (including phenoxy) is 1. The van der Waals surface area contributed by atoms with Gasteiger partial charge < -0.3 is 9.64 Å². The largest absolute Gasteiger partial charge is 0.478 e. The van der Waals surface area contributed by atoms with Crippen LogP contribution in [0.4, 0.5) is 4.79 Å². The van der Waals surface area contributed by atoms with Crippen LogP contribution in [-0.2, 0) is 4.74 Å². The molecule has 0 saturated heterocycles. The van der Waals surface area contributed by atoms with E-state index in [9.17, 15) is 4.79 Å². The maximum absolute atomic E-state index is 9.37. The summed E-state index contributed by atoms with van der Waals surface area (Å²) in [5, 5.41) is 0. The van der Waals surface area contributed by atoms with Crippen LogP contribution in [0.15, 0.2) is 0 Å². The number of hydrogen-bond donors (Lipinski definition) is 0. The first-order valence-corrected chi connectivity index (χ1v) is 11.0. The molecule has 2 radical (unpaired) electrons. The summed E-state index contributed by atoms with van der Waals surface area (Å²) in [5.74, 6) is -0.745. The van der Waals surface area contributed by atoms with Gasteiger partial charge in [-0.3, -0.25) is 4.79 Å². The molecule has 26 heavy (non-hydrogen) atoms. The topological polar surface area (TPSA) is 29.5 Å². The number of methoxy groups -OCH3 is 1. The lowest BCUT2D eigenvalue weighted by atomic mass is 10.0. The molecule has 0 aromatic carbocycles. The lowest BCUT2D eigenvalue weighted by molar-refractivity contribution is 0.198. The smallest absolute Gasteiger partial charge is 0.235 e. The molecule has 3 nitrogen and oxygen atoms in total. The molecule has 0 unspecified atom stereocenters. The second-order valence-electron chi connectivity index (χ2n) is 7.63. The third-order valence-electron chi connectivity index (χ3n) is 4.66. The first kappa shape index (κ1) is 27.7. The van der Waals surface area contributed by atoms with E-state index in [1.165, 1.54) is 116 Å². The highest BCUT2D eigenvalue weighted by Gasteiger charge is 1.95. The van der Waals surface area contributed by atoms with E-state index in [0.29, 0.717) is 0 Å². The second kappa shape index (κ2) is 24.5. The molecule has 4 heteroatoms. The monoisotopic (exact) mass is 367 g/mol. The van der Waals surface area contributed by atoms with Crippen molar-refractivity contribution in [3.05, 3.63) is 0 Å². The first-order chi connectivity index (χ1) is 12.5. The molecule has 0 fully saturated rings. The van der Waals surface area contributed by atoms with Gasteiger partial charge in [0, 0.05) is 0 Å². The van der Waals surface area contributed by atoms with Crippen LogP contribution in [0.25, 0.3) is 0 Å². The van der Waals surface area contributed by atoms with Gasteiger partial charge in [0.05, 0.1) is 7.11 Å². The van der Waals surface area contributed by atoms with Gasteiger partial charge in [0.25, 0.3) is 0 Å². The molecule has 0 saturated carbocycles. The summed E-state index contributed by atoms with van der Waals surface area (Å²) in [6.07, 6.45) is 23.3. The van der Waals surface area contributed by atoms with Crippen LogP contribution >= 0.6 is 0 Å². The highest BCUT2D eigenvalue weighted by Crippen LogP contribution is 2.13. The first-order valence-electron chi connectivity index (χ1n) is 11.0. The molecule has 0 aliphatic rings. The standard InChI is InChI=1S/C20H43N.C2H3BO2/c1-4-5-6-7-8-9-10-11-12-13-14-15-16-17-18-19-20-21(2)3;1-5-2(3)4/h4-20H2,1-3H3;1H3. The molecule has 0 heterocycles. The van der Waals surface area contributed by atoms with Gasteiger partial charge in [-0.1, -0.05) is 103 Å². The van der Waals surface area contributed by atoms with Crippen LogP contribution in [-0.4, -0.2) is 46.4 Å². The van der Waals surface area contributed by atoms with Crippen LogP contribution in [0.5, 0.6) is 0 Å². The Balaban J connectivity index is 0. The van der Waals surface area contributed by atoms with Gasteiger partial charge in [-0.2, -0.15) is 0 Å². The Kier molecular flexibility index (Phi) is 26.1. The molecular weight excluding hydrogens is 321 g/mol. The number of hydrogen-bond acceptors (Lipinski definition) is 3. The summed E-state index contributed by atoms with van der Waals surface area (Å²) in [6, 6.07) is 0. The highest BCUT2D eigenvalue weighted by atomic mass is 16.5. The molecule has 0 aliphatic carbocycles. The van der Waals surface area contributed by atoms with Crippen molar-refractivity contribution in [1.29, 1.82) is 0 Å². The third kappa shape index (κ3) is 31.3. The van der Waals surface area contributed by atoms with E-state index >= 15 is 0 Å². The Bertz CT molecular complexity index is 273. The molecule has 0 N–H and O–H groups in total. The van der Waals surface area contributed by atoms with Crippen LogP contribution in [0.2, 0.25) is 0 Å². The molecule has 0 spiro atoms. The van der Waals surface area contributed by atoms with Crippen LogP contribution in [0, 0.1) is 0 Å². The Hall–Kier alpha value is -0.505. The van der Waals surface area contributed by atoms with E-state index in [1.807, 2.05) is 0 Å². The summed E-state index contributed by atoms with van der Waals surface area (Å²) in [6.45, 7) is 3.56. The number of rotatable bonds is 17. The maximum atomic E-state index is 9.37. The summed E-state index contributed by atoms with van der Waals surface area (Å²) < 4.78 is 3.89. The van der Waals surface area contributed by atoms with Crippen molar-refractivity contribution in [2.75, 3.05) is 27.7 Å². The number of nitrogens with zero attached hydrogens (tertiary/aromatic N) is 1. The minimum Gasteiger partial charge on any atom is -0.478 e. The van der Waals surface area contributed by atoms with Crippen molar-refractivity contribution in [3.63, 3.8) is 0 Å².